The number of carbonyl (C=O) groups is 1. The standard InChI is InChI=1S/C12H11F5N2O/c13-7-8(14)10(16)12(11(17)9(7)15)19-6(20)3-4-18-5-1-2-5/h5,18H,1-4H2,(H,19,20). The molecule has 0 aliphatic heterocycles. The van der Waals surface area contributed by atoms with Crippen molar-refractivity contribution in [2.75, 3.05) is 11.9 Å². The zero-order chi connectivity index (χ0) is 14.9. The second-order valence-electron chi connectivity index (χ2n) is 4.47. The summed E-state index contributed by atoms with van der Waals surface area (Å²) in [6.07, 6.45) is 1.87. The smallest absolute Gasteiger partial charge is 0.225 e. The Bertz CT molecular complexity index is 516. The molecule has 1 aromatic carbocycles. The molecule has 1 aliphatic carbocycles. The zero-order valence-corrected chi connectivity index (χ0v) is 10.2. The summed E-state index contributed by atoms with van der Waals surface area (Å²) in [4.78, 5) is 11.4. The highest BCUT2D eigenvalue weighted by Gasteiger charge is 2.27. The molecule has 1 fully saturated rings. The first-order valence-electron chi connectivity index (χ1n) is 5.96. The van der Waals surface area contributed by atoms with E-state index in [1.54, 1.807) is 5.32 Å². The minimum absolute atomic E-state index is 0.129. The maximum absolute atomic E-state index is 13.3. The van der Waals surface area contributed by atoms with Crippen LogP contribution >= 0.6 is 0 Å². The fraction of sp³-hybridized carbons (Fsp3) is 0.417. The van der Waals surface area contributed by atoms with E-state index >= 15 is 0 Å². The molecular weight excluding hydrogens is 283 g/mol. The Kier molecular flexibility index (Phi) is 4.22. The molecule has 0 radical (unpaired) electrons. The third kappa shape index (κ3) is 3.06. The molecule has 20 heavy (non-hydrogen) atoms. The van der Waals surface area contributed by atoms with Crippen molar-refractivity contribution in [2.24, 2.45) is 0 Å². The molecule has 1 amide bonds. The number of rotatable bonds is 5. The van der Waals surface area contributed by atoms with E-state index in [1.165, 1.54) is 0 Å². The Morgan fingerprint density at radius 2 is 1.45 bits per heavy atom. The van der Waals surface area contributed by atoms with Gasteiger partial charge in [-0.2, -0.15) is 0 Å². The van der Waals surface area contributed by atoms with Gasteiger partial charge in [-0.1, -0.05) is 0 Å². The van der Waals surface area contributed by atoms with E-state index in [0.717, 1.165) is 12.8 Å². The molecule has 2 N–H and O–H groups in total. The number of benzene rings is 1. The average Bonchev–Trinajstić information content (AvgIpc) is 3.23. The summed E-state index contributed by atoms with van der Waals surface area (Å²) in [5, 5.41) is 4.68. The molecular formula is C12H11F5N2O. The van der Waals surface area contributed by atoms with Gasteiger partial charge in [-0.05, 0) is 12.8 Å². The van der Waals surface area contributed by atoms with Crippen LogP contribution in [0.25, 0.3) is 0 Å². The van der Waals surface area contributed by atoms with Crippen molar-refractivity contribution in [3.05, 3.63) is 29.1 Å². The van der Waals surface area contributed by atoms with Crippen LogP contribution in [-0.2, 0) is 4.79 Å². The van der Waals surface area contributed by atoms with Crippen LogP contribution in [0.1, 0.15) is 19.3 Å². The van der Waals surface area contributed by atoms with E-state index < -0.39 is 40.7 Å². The van der Waals surface area contributed by atoms with E-state index in [2.05, 4.69) is 5.32 Å². The lowest BCUT2D eigenvalue weighted by atomic mass is 10.2. The quantitative estimate of drug-likeness (QED) is 0.497. The normalized spacial score (nSPS) is 14.4. The van der Waals surface area contributed by atoms with Crippen LogP contribution < -0.4 is 10.6 Å². The van der Waals surface area contributed by atoms with E-state index in [1.807, 2.05) is 0 Å². The molecule has 1 aliphatic rings. The highest BCUT2D eigenvalue weighted by molar-refractivity contribution is 5.91. The number of hydrogen-bond donors (Lipinski definition) is 2. The Hall–Kier alpha value is -1.70. The zero-order valence-electron chi connectivity index (χ0n) is 10.2. The number of hydrogen-bond acceptors (Lipinski definition) is 2. The first-order chi connectivity index (χ1) is 9.41. The van der Waals surface area contributed by atoms with Crippen LogP contribution in [0.4, 0.5) is 27.6 Å². The van der Waals surface area contributed by atoms with Gasteiger partial charge in [0.25, 0.3) is 0 Å². The molecule has 0 heterocycles. The average molecular weight is 294 g/mol. The van der Waals surface area contributed by atoms with Crippen molar-refractivity contribution >= 4 is 11.6 Å². The Morgan fingerprint density at radius 3 is 1.95 bits per heavy atom. The Balaban J connectivity index is 2.05. The molecule has 0 spiro atoms. The number of anilines is 1. The SMILES string of the molecule is O=C(CCNC1CC1)Nc1c(F)c(F)c(F)c(F)c1F. The van der Waals surface area contributed by atoms with Crippen molar-refractivity contribution < 1.29 is 26.7 Å². The molecule has 2 rings (SSSR count). The molecule has 8 heteroatoms. The fourth-order valence-electron chi connectivity index (χ4n) is 1.59. The van der Waals surface area contributed by atoms with Crippen LogP contribution in [0.3, 0.4) is 0 Å². The highest BCUT2D eigenvalue weighted by Crippen LogP contribution is 2.27. The van der Waals surface area contributed by atoms with Crippen LogP contribution in [0.15, 0.2) is 0 Å². The van der Waals surface area contributed by atoms with Crippen LogP contribution in [0.5, 0.6) is 0 Å². The van der Waals surface area contributed by atoms with E-state index in [0.29, 0.717) is 6.04 Å². The fourth-order valence-corrected chi connectivity index (χ4v) is 1.59. The first-order valence-corrected chi connectivity index (χ1v) is 5.96. The molecule has 0 saturated heterocycles. The first kappa shape index (κ1) is 14.7. The molecule has 3 nitrogen and oxygen atoms in total. The summed E-state index contributed by atoms with van der Waals surface area (Å²) >= 11 is 0. The van der Waals surface area contributed by atoms with Gasteiger partial charge in [0, 0.05) is 19.0 Å². The van der Waals surface area contributed by atoms with Crippen LogP contribution in [0.2, 0.25) is 0 Å². The van der Waals surface area contributed by atoms with Crippen molar-refractivity contribution in [3.63, 3.8) is 0 Å². The highest BCUT2D eigenvalue weighted by atomic mass is 19.2. The molecule has 0 aromatic heterocycles. The van der Waals surface area contributed by atoms with Crippen molar-refractivity contribution in [1.82, 2.24) is 5.32 Å². The topological polar surface area (TPSA) is 41.1 Å². The summed E-state index contributed by atoms with van der Waals surface area (Å²) in [5.41, 5.74) is -1.32. The maximum atomic E-state index is 13.3. The molecule has 0 atom stereocenters. The molecule has 0 bridgehead atoms. The van der Waals surface area contributed by atoms with Crippen LogP contribution in [0, 0.1) is 29.1 Å². The lowest BCUT2D eigenvalue weighted by molar-refractivity contribution is -0.116. The third-order valence-corrected chi connectivity index (χ3v) is 2.84. The number of nitrogens with one attached hydrogen (secondary N) is 2. The minimum Gasteiger partial charge on any atom is -0.321 e. The van der Waals surface area contributed by atoms with Crippen molar-refractivity contribution in [2.45, 2.75) is 25.3 Å². The van der Waals surface area contributed by atoms with Gasteiger partial charge in [-0.3, -0.25) is 4.79 Å². The second-order valence-corrected chi connectivity index (χ2v) is 4.47. The predicted octanol–water partition coefficient (Wildman–Crippen LogP) is 2.46. The van der Waals surface area contributed by atoms with Gasteiger partial charge >= 0.3 is 0 Å². The largest absolute Gasteiger partial charge is 0.321 e. The lowest BCUT2D eigenvalue weighted by Gasteiger charge is -2.10. The lowest BCUT2D eigenvalue weighted by Crippen LogP contribution is -2.24. The van der Waals surface area contributed by atoms with Crippen molar-refractivity contribution in [1.29, 1.82) is 0 Å². The summed E-state index contributed by atoms with van der Waals surface area (Å²) in [7, 11) is 0. The van der Waals surface area contributed by atoms with Gasteiger partial charge in [-0.25, -0.2) is 22.0 Å². The third-order valence-electron chi connectivity index (χ3n) is 2.84. The summed E-state index contributed by atoms with van der Waals surface area (Å²) in [6.45, 7) is 0.270. The minimum atomic E-state index is -2.26. The van der Waals surface area contributed by atoms with Gasteiger partial charge in [0.2, 0.25) is 11.7 Å². The van der Waals surface area contributed by atoms with Crippen molar-refractivity contribution in [3.8, 4) is 0 Å². The maximum Gasteiger partial charge on any atom is 0.225 e. The van der Waals surface area contributed by atoms with Gasteiger partial charge in [-0.15, -0.1) is 0 Å². The van der Waals surface area contributed by atoms with Gasteiger partial charge in [0.1, 0.15) is 5.69 Å². The molecule has 110 valence electrons. The second kappa shape index (κ2) is 5.74. The van der Waals surface area contributed by atoms with Gasteiger partial charge in [0.15, 0.2) is 23.3 Å². The molecule has 0 unspecified atom stereocenters. The Morgan fingerprint density at radius 1 is 0.950 bits per heavy atom. The van der Waals surface area contributed by atoms with Gasteiger partial charge < -0.3 is 10.6 Å². The van der Waals surface area contributed by atoms with Crippen LogP contribution in [-0.4, -0.2) is 18.5 Å². The molecule has 1 aromatic rings. The van der Waals surface area contributed by atoms with E-state index in [9.17, 15) is 26.7 Å². The Labute approximate surface area is 111 Å². The summed E-state index contributed by atoms with van der Waals surface area (Å²) < 4.78 is 65.1. The number of carbonyl (C=O) groups excluding carboxylic acids is 1. The van der Waals surface area contributed by atoms with Gasteiger partial charge in [0.05, 0.1) is 0 Å². The van der Waals surface area contributed by atoms with E-state index in [4.69, 9.17) is 0 Å². The number of amides is 1. The molecule has 1 saturated carbocycles. The summed E-state index contributed by atoms with van der Waals surface area (Å²) in [6, 6.07) is 0.344. The van der Waals surface area contributed by atoms with E-state index in [-0.39, 0.29) is 13.0 Å². The predicted molar refractivity (Wildman–Crippen MR) is 60.5 cm³/mol. The monoisotopic (exact) mass is 294 g/mol. The summed E-state index contributed by atoms with van der Waals surface area (Å²) in [5.74, 6) is -11.4. The number of halogens is 5.